The summed E-state index contributed by atoms with van der Waals surface area (Å²) in [6.45, 7) is 3.00. The van der Waals surface area contributed by atoms with Crippen LogP contribution in [0.25, 0.3) is 0 Å². The molecule has 0 spiro atoms. The van der Waals surface area contributed by atoms with Crippen LogP contribution in [0.4, 0.5) is 5.69 Å². The van der Waals surface area contributed by atoms with E-state index in [0.717, 1.165) is 4.31 Å². The van der Waals surface area contributed by atoms with Gasteiger partial charge in [-0.25, -0.2) is 8.42 Å². The SMILES string of the molecule is CCNC(=O)C(C)N(Cc1ccc(Cl)cc1Cl)C(=O)CN(c1cccc(Cl)c1)S(=O)(=O)c1ccc(Cl)cc1. The molecule has 3 aromatic rings. The van der Waals surface area contributed by atoms with Crippen LogP contribution in [0.15, 0.2) is 71.6 Å². The average molecular weight is 617 g/mol. The monoisotopic (exact) mass is 615 g/mol. The van der Waals surface area contributed by atoms with Crippen LogP contribution >= 0.6 is 46.4 Å². The number of rotatable bonds is 10. The summed E-state index contributed by atoms with van der Waals surface area (Å²) >= 11 is 24.5. The Kier molecular flexibility index (Phi) is 10.3. The van der Waals surface area contributed by atoms with E-state index in [0.29, 0.717) is 27.2 Å². The lowest BCUT2D eigenvalue weighted by Gasteiger charge is -2.32. The summed E-state index contributed by atoms with van der Waals surface area (Å²) in [5, 5.41) is 4.05. The Morgan fingerprint density at radius 2 is 1.53 bits per heavy atom. The Balaban J connectivity index is 2.05. The zero-order valence-electron chi connectivity index (χ0n) is 20.5. The number of anilines is 1. The number of amides is 2. The Morgan fingerprint density at radius 3 is 2.13 bits per heavy atom. The number of hydrogen-bond acceptors (Lipinski definition) is 4. The number of hydrogen-bond donors (Lipinski definition) is 1. The van der Waals surface area contributed by atoms with Crippen molar-refractivity contribution in [2.24, 2.45) is 0 Å². The van der Waals surface area contributed by atoms with Gasteiger partial charge in [-0.1, -0.05) is 58.5 Å². The second-order valence-electron chi connectivity index (χ2n) is 8.27. The molecule has 1 N–H and O–H groups in total. The Hall–Kier alpha value is -2.49. The summed E-state index contributed by atoms with van der Waals surface area (Å²) in [5.41, 5.74) is 0.714. The Morgan fingerprint density at radius 1 is 0.895 bits per heavy atom. The molecule has 7 nitrogen and oxygen atoms in total. The first-order valence-corrected chi connectivity index (χ1v) is 14.4. The van der Waals surface area contributed by atoms with Crippen LogP contribution in [-0.2, 0) is 26.2 Å². The molecule has 3 rings (SSSR count). The minimum Gasteiger partial charge on any atom is -0.355 e. The fourth-order valence-electron chi connectivity index (χ4n) is 3.63. The number of nitrogens with zero attached hydrogens (tertiary/aromatic N) is 2. The molecular formula is C26H25Cl4N3O4S. The van der Waals surface area contributed by atoms with Gasteiger partial charge < -0.3 is 10.2 Å². The van der Waals surface area contributed by atoms with E-state index in [1.165, 1.54) is 47.4 Å². The third-order valence-electron chi connectivity index (χ3n) is 5.65. The zero-order chi connectivity index (χ0) is 28.0. The minimum atomic E-state index is -4.23. The van der Waals surface area contributed by atoms with E-state index in [-0.39, 0.29) is 22.2 Å². The maximum Gasteiger partial charge on any atom is 0.264 e. The number of halogens is 4. The number of sulfonamides is 1. The smallest absolute Gasteiger partial charge is 0.264 e. The number of carbonyl (C=O) groups excluding carboxylic acids is 2. The third-order valence-corrected chi connectivity index (χ3v) is 8.51. The third kappa shape index (κ3) is 7.33. The summed E-state index contributed by atoms with van der Waals surface area (Å²) < 4.78 is 28.4. The van der Waals surface area contributed by atoms with E-state index in [4.69, 9.17) is 46.4 Å². The van der Waals surface area contributed by atoms with Crippen molar-refractivity contribution < 1.29 is 18.0 Å². The molecule has 38 heavy (non-hydrogen) atoms. The van der Waals surface area contributed by atoms with Gasteiger partial charge in [-0.05, 0) is 74.0 Å². The molecule has 12 heteroatoms. The number of benzene rings is 3. The fourth-order valence-corrected chi connectivity index (χ4v) is 5.82. The summed E-state index contributed by atoms with van der Waals surface area (Å²) in [6, 6.07) is 15.6. The first kappa shape index (κ1) is 30.1. The first-order valence-electron chi connectivity index (χ1n) is 11.5. The van der Waals surface area contributed by atoms with Gasteiger partial charge in [0.15, 0.2) is 0 Å². The molecule has 0 saturated carbocycles. The minimum absolute atomic E-state index is 0.0580. The molecule has 3 aromatic carbocycles. The van der Waals surface area contributed by atoms with Crippen molar-refractivity contribution >= 4 is 73.9 Å². The average Bonchev–Trinajstić information content (AvgIpc) is 2.86. The van der Waals surface area contributed by atoms with Gasteiger partial charge in [0.1, 0.15) is 12.6 Å². The van der Waals surface area contributed by atoms with Gasteiger partial charge in [-0.3, -0.25) is 13.9 Å². The van der Waals surface area contributed by atoms with Gasteiger partial charge in [-0.2, -0.15) is 0 Å². The molecule has 202 valence electrons. The topological polar surface area (TPSA) is 86.8 Å². The highest BCUT2D eigenvalue weighted by Crippen LogP contribution is 2.28. The van der Waals surface area contributed by atoms with E-state index in [1.54, 1.807) is 38.1 Å². The molecule has 0 aliphatic carbocycles. The maximum absolute atomic E-state index is 13.8. The lowest BCUT2D eigenvalue weighted by Crippen LogP contribution is -2.51. The second kappa shape index (κ2) is 13.0. The fraction of sp³-hybridized carbons (Fsp3) is 0.231. The van der Waals surface area contributed by atoms with Crippen LogP contribution in [0.3, 0.4) is 0 Å². The lowest BCUT2D eigenvalue weighted by atomic mass is 10.1. The van der Waals surface area contributed by atoms with Gasteiger partial charge in [0, 0.05) is 33.2 Å². The quantitative estimate of drug-likeness (QED) is 0.300. The van der Waals surface area contributed by atoms with Gasteiger partial charge in [0.25, 0.3) is 10.0 Å². The van der Waals surface area contributed by atoms with Gasteiger partial charge in [0.05, 0.1) is 10.6 Å². The molecular weight excluding hydrogens is 592 g/mol. The number of likely N-dealkylation sites (N-methyl/N-ethyl adjacent to an activating group) is 1. The molecule has 0 radical (unpaired) electrons. The molecule has 0 aromatic heterocycles. The van der Waals surface area contributed by atoms with Crippen molar-refractivity contribution in [2.45, 2.75) is 31.3 Å². The summed E-state index contributed by atoms with van der Waals surface area (Å²) in [6.07, 6.45) is 0. The normalized spacial score (nSPS) is 12.1. The van der Waals surface area contributed by atoms with E-state index in [1.807, 2.05) is 0 Å². The van der Waals surface area contributed by atoms with Gasteiger partial charge >= 0.3 is 0 Å². The summed E-state index contributed by atoms with van der Waals surface area (Å²) in [4.78, 5) is 27.7. The van der Waals surface area contributed by atoms with Crippen LogP contribution in [-0.4, -0.2) is 44.3 Å². The highest BCUT2D eigenvalue weighted by Gasteiger charge is 2.32. The molecule has 2 amide bonds. The molecule has 0 bridgehead atoms. The van der Waals surface area contributed by atoms with Crippen LogP contribution in [0.1, 0.15) is 19.4 Å². The van der Waals surface area contributed by atoms with Crippen LogP contribution < -0.4 is 9.62 Å². The van der Waals surface area contributed by atoms with Crippen LogP contribution in [0.2, 0.25) is 20.1 Å². The predicted octanol–water partition coefficient (Wildman–Crippen LogP) is 6.05. The van der Waals surface area contributed by atoms with Crippen molar-refractivity contribution in [2.75, 3.05) is 17.4 Å². The van der Waals surface area contributed by atoms with Crippen molar-refractivity contribution in [3.05, 3.63) is 92.4 Å². The Bertz CT molecular complexity index is 1420. The van der Waals surface area contributed by atoms with Crippen molar-refractivity contribution in [1.82, 2.24) is 10.2 Å². The van der Waals surface area contributed by atoms with E-state index < -0.39 is 34.4 Å². The Labute approximate surface area is 242 Å². The number of carbonyl (C=O) groups is 2. The highest BCUT2D eigenvalue weighted by atomic mass is 35.5. The van der Waals surface area contributed by atoms with Gasteiger partial charge in [0.2, 0.25) is 11.8 Å². The highest BCUT2D eigenvalue weighted by molar-refractivity contribution is 7.92. The zero-order valence-corrected chi connectivity index (χ0v) is 24.3. The van der Waals surface area contributed by atoms with Crippen molar-refractivity contribution in [3.63, 3.8) is 0 Å². The van der Waals surface area contributed by atoms with Crippen molar-refractivity contribution in [3.8, 4) is 0 Å². The second-order valence-corrected chi connectivity index (χ2v) is 11.9. The largest absolute Gasteiger partial charge is 0.355 e. The van der Waals surface area contributed by atoms with E-state index >= 15 is 0 Å². The van der Waals surface area contributed by atoms with E-state index in [9.17, 15) is 18.0 Å². The molecule has 0 fully saturated rings. The van der Waals surface area contributed by atoms with Crippen molar-refractivity contribution in [1.29, 1.82) is 0 Å². The lowest BCUT2D eigenvalue weighted by molar-refractivity contribution is -0.139. The molecule has 0 saturated heterocycles. The molecule has 1 atom stereocenters. The molecule has 1 unspecified atom stereocenters. The standard InChI is InChI=1S/C26H25Cl4N3O4S/c1-3-31-26(35)17(2)32(15-18-7-8-21(29)14-24(18)30)25(34)16-33(22-6-4-5-20(28)13-22)38(36,37)23-11-9-19(27)10-12-23/h4-14,17H,3,15-16H2,1-2H3,(H,31,35). The van der Waals surface area contributed by atoms with E-state index in [2.05, 4.69) is 5.32 Å². The summed E-state index contributed by atoms with van der Waals surface area (Å²) in [7, 11) is -4.23. The van der Waals surface area contributed by atoms with Crippen LogP contribution in [0, 0.1) is 0 Å². The first-order chi connectivity index (χ1) is 17.9. The van der Waals surface area contributed by atoms with Gasteiger partial charge in [-0.15, -0.1) is 0 Å². The molecule has 0 aliphatic rings. The van der Waals surface area contributed by atoms with Crippen LogP contribution in [0.5, 0.6) is 0 Å². The molecule has 0 aliphatic heterocycles. The number of nitrogens with one attached hydrogen (secondary N) is 1. The maximum atomic E-state index is 13.8. The predicted molar refractivity (Wildman–Crippen MR) is 153 cm³/mol. The molecule has 0 heterocycles. The summed E-state index contributed by atoms with van der Waals surface area (Å²) in [5.74, 6) is -1.03.